The average Bonchev–Trinajstić information content (AvgIpc) is 2.89. The molecular weight excluding hydrogens is 521 g/mol. The van der Waals surface area contributed by atoms with Gasteiger partial charge in [0.2, 0.25) is 5.88 Å². The molecule has 0 aliphatic carbocycles. The number of ether oxygens (including phenoxy) is 3. The molecule has 0 spiro atoms. The van der Waals surface area contributed by atoms with E-state index in [1.165, 1.54) is 6.07 Å². The Balaban J connectivity index is 1.23. The van der Waals surface area contributed by atoms with E-state index in [9.17, 15) is 18.0 Å². The highest BCUT2D eigenvalue weighted by Gasteiger charge is 2.33. The topological polar surface area (TPSA) is 62.6 Å². The minimum Gasteiger partial charge on any atom is -0.497 e. The minimum absolute atomic E-state index is 0.0302. The molecule has 0 atom stereocenters. The fourth-order valence-corrected chi connectivity index (χ4v) is 4.53. The van der Waals surface area contributed by atoms with E-state index in [1.54, 1.807) is 42.0 Å². The smallest absolute Gasteiger partial charge is 0.417 e. The Bertz CT molecular complexity index is 1540. The molecule has 3 aromatic carbocycles. The van der Waals surface area contributed by atoms with Crippen LogP contribution in [0, 0.1) is 0 Å². The fraction of sp³-hybridized carbons (Fsp3) is 0.214. The van der Waals surface area contributed by atoms with E-state index in [4.69, 9.17) is 25.8 Å². The highest BCUT2D eigenvalue weighted by molar-refractivity contribution is 6.31. The Morgan fingerprint density at radius 2 is 1.71 bits per heavy atom. The van der Waals surface area contributed by atoms with E-state index >= 15 is 0 Å². The molecule has 0 bridgehead atoms. The molecule has 10 heteroatoms. The summed E-state index contributed by atoms with van der Waals surface area (Å²) in [4.78, 5) is 16.7. The number of methoxy groups -OCH3 is 1. The van der Waals surface area contributed by atoms with Crippen molar-refractivity contribution in [2.45, 2.75) is 25.6 Å². The van der Waals surface area contributed by atoms with Gasteiger partial charge in [-0.3, -0.25) is 4.57 Å². The van der Waals surface area contributed by atoms with Gasteiger partial charge in [0, 0.05) is 24.6 Å². The third-order valence-electron chi connectivity index (χ3n) is 6.22. The zero-order valence-electron chi connectivity index (χ0n) is 20.2. The Labute approximate surface area is 221 Å². The van der Waals surface area contributed by atoms with E-state index in [0.717, 1.165) is 40.3 Å². The van der Waals surface area contributed by atoms with Crippen LogP contribution in [0.5, 0.6) is 23.1 Å². The summed E-state index contributed by atoms with van der Waals surface area (Å²) in [6.07, 6.45) is -3.34. The quantitative estimate of drug-likeness (QED) is 0.265. The van der Waals surface area contributed by atoms with Gasteiger partial charge < -0.3 is 14.2 Å². The van der Waals surface area contributed by atoms with Crippen LogP contribution in [0.2, 0.25) is 5.02 Å². The number of hydrogen-bond acceptors (Lipinski definition) is 5. The Hall–Kier alpha value is -3.98. The molecule has 0 unspecified atom stereocenters. The largest absolute Gasteiger partial charge is 0.497 e. The SMILES string of the molecule is COc1ccc2c(c1)CCn1c-2cc(OCCc2ccc(Oc3ccc(Cl)c(C(F)(F)F)c3)cc2)nc1=O. The van der Waals surface area contributed by atoms with Crippen LogP contribution in [0.3, 0.4) is 0 Å². The van der Waals surface area contributed by atoms with Crippen LogP contribution in [0.15, 0.2) is 71.5 Å². The molecule has 5 rings (SSSR count). The summed E-state index contributed by atoms with van der Waals surface area (Å²) in [6, 6.07) is 17.8. The zero-order valence-corrected chi connectivity index (χ0v) is 21.0. The minimum atomic E-state index is -4.57. The first-order valence-corrected chi connectivity index (χ1v) is 12.1. The fourth-order valence-electron chi connectivity index (χ4n) is 4.30. The van der Waals surface area contributed by atoms with Gasteiger partial charge in [0.25, 0.3) is 0 Å². The van der Waals surface area contributed by atoms with Crippen molar-refractivity contribution < 1.29 is 27.4 Å². The van der Waals surface area contributed by atoms with E-state index in [2.05, 4.69) is 4.98 Å². The lowest BCUT2D eigenvalue weighted by molar-refractivity contribution is -0.137. The van der Waals surface area contributed by atoms with Crippen molar-refractivity contribution in [1.29, 1.82) is 0 Å². The number of aromatic nitrogens is 2. The summed E-state index contributed by atoms with van der Waals surface area (Å²) in [6.45, 7) is 0.807. The Morgan fingerprint density at radius 3 is 2.45 bits per heavy atom. The molecule has 0 saturated carbocycles. The number of hydrogen-bond donors (Lipinski definition) is 0. The van der Waals surface area contributed by atoms with Crippen LogP contribution in [-0.4, -0.2) is 23.3 Å². The number of halogens is 4. The molecule has 0 saturated heterocycles. The lowest BCUT2D eigenvalue weighted by Gasteiger charge is -2.22. The van der Waals surface area contributed by atoms with Gasteiger partial charge in [-0.25, -0.2) is 4.79 Å². The highest BCUT2D eigenvalue weighted by atomic mass is 35.5. The summed E-state index contributed by atoms with van der Waals surface area (Å²) in [7, 11) is 1.62. The number of rotatable bonds is 7. The van der Waals surface area contributed by atoms with Crippen LogP contribution in [0.4, 0.5) is 13.2 Å². The third-order valence-corrected chi connectivity index (χ3v) is 6.55. The highest BCUT2D eigenvalue weighted by Crippen LogP contribution is 2.38. The first kappa shape index (κ1) is 25.7. The third kappa shape index (κ3) is 5.47. The summed E-state index contributed by atoms with van der Waals surface area (Å²) in [5.41, 5.74) is 2.38. The molecule has 0 fully saturated rings. The standard InChI is InChI=1S/C28H22ClF3N2O4/c1-36-20-6-8-22-18(14-20)10-12-34-25(22)16-26(33-27(34)35)37-13-11-17-2-4-19(5-3-17)38-21-7-9-24(29)23(15-21)28(30,31)32/h2-9,14-16H,10-13H2,1H3. The van der Waals surface area contributed by atoms with Crippen molar-refractivity contribution in [3.63, 3.8) is 0 Å². The van der Waals surface area contributed by atoms with Crippen LogP contribution >= 0.6 is 11.6 Å². The van der Waals surface area contributed by atoms with Crippen molar-refractivity contribution in [3.8, 4) is 34.4 Å². The number of benzene rings is 3. The Morgan fingerprint density at radius 1 is 0.974 bits per heavy atom. The summed E-state index contributed by atoms with van der Waals surface area (Å²) in [5.74, 6) is 1.42. The van der Waals surface area contributed by atoms with Crippen LogP contribution in [-0.2, 0) is 25.6 Å². The molecule has 6 nitrogen and oxygen atoms in total. The second kappa shape index (κ2) is 10.4. The molecule has 0 amide bonds. The molecule has 2 heterocycles. The predicted octanol–water partition coefficient (Wildman–Crippen LogP) is 6.56. The van der Waals surface area contributed by atoms with Gasteiger partial charge >= 0.3 is 11.9 Å². The Kier molecular flexibility index (Phi) is 7.03. The van der Waals surface area contributed by atoms with E-state index in [-0.39, 0.29) is 28.9 Å². The van der Waals surface area contributed by atoms with E-state index in [0.29, 0.717) is 25.1 Å². The van der Waals surface area contributed by atoms with Crippen molar-refractivity contribution in [2.75, 3.05) is 13.7 Å². The maximum Gasteiger partial charge on any atom is 0.417 e. The molecular formula is C28H22ClF3N2O4. The van der Waals surface area contributed by atoms with Gasteiger partial charge in [0.05, 0.1) is 30.0 Å². The second-order valence-corrected chi connectivity index (χ2v) is 9.08. The number of alkyl halides is 3. The van der Waals surface area contributed by atoms with Crippen molar-refractivity contribution in [1.82, 2.24) is 9.55 Å². The van der Waals surface area contributed by atoms with Gasteiger partial charge in [-0.05, 0) is 66.1 Å². The number of fused-ring (bicyclic) bond motifs is 3. The maximum atomic E-state index is 13.1. The summed E-state index contributed by atoms with van der Waals surface area (Å²) in [5, 5.41) is -0.388. The number of aryl methyl sites for hydroxylation is 1. The zero-order chi connectivity index (χ0) is 26.9. The molecule has 0 N–H and O–H groups in total. The number of nitrogens with zero attached hydrogens (tertiary/aromatic N) is 2. The van der Waals surface area contributed by atoms with Crippen molar-refractivity contribution in [3.05, 3.63) is 98.9 Å². The monoisotopic (exact) mass is 542 g/mol. The summed E-state index contributed by atoms with van der Waals surface area (Å²) >= 11 is 5.66. The van der Waals surface area contributed by atoms with Gasteiger partial charge in [-0.1, -0.05) is 23.7 Å². The molecule has 1 aromatic heterocycles. The molecule has 1 aliphatic heterocycles. The molecule has 0 radical (unpaired) electrons. The molecule has 4 aromatic rings. The van der Waals surface area contributed by atoms with Crippen LogP contribution in [0.1, 0.15) is 16.7 Å². The van der Waals surface area contributed by atoms with Gasteiger partial charge in [-0.2, -0.15) is 18.2 Å². The first-order valence-electron chi connectivity index (χ1n) is 11.8. The lowest BCUT2D eigenvalue weighted by Crippen LogP contribution is -2.28. The average molecular weight is 543 g/mol. The van der Waals surface area contributed by atoms with Gasteiger partial charge in [0.1, 0.15) is 17.2 Å². The van der Waals surface area contributed by atoms with Crippen molar-refractivity contribution >= 4 is 11.6 Å². The van der Waals surface area contributed by atoms with E-state index in [1.807, 2.05) is 18.2 Å². The first-order chi connectivity index (χ1) is 18.2. The van der Waals surface area contributed by atoms with Gasteiger partial charge in [0.15, 0.2) is 0 Å². The summed E-state index contributed by atoms with van der Waals surface area (Å²) < 4.78 is 57.6. The lowest BCUT2D eigenvalue weighted by atomic mass is 9.97. The molecule has 38 heavy (non-hydrogen) atoms. The van der Waals surface area contributed by atoms with Crippen LogP contribution < -0.4 is 19.9 Å². The van der Waals surface area contributed by atoms with E-state index < -0.39 is 11.7 Å². The predicted molar refractivity (Wildman–Crippen MR) is 136 cm³/mol. The van der Waals surface area contributed by atoms with Crippen LogP contribution in [0.25, 0.3) is 11.3 Å². The normalized spacial score (nSPS) is 12.4. The van der Waals surface area contributed by atoms with Gasteiger partial charge in [-0.15, -0.1) is 0 Å². The second-order valence-electron chi connectivity index (χ2n) is 8.67. The molecule has 1 aliphatic rings. The molecule has 196 valence electrons. The van der Waals surface area contributed by atoms with Crippen molar-refractivity contribution in [2.24, 2.45) is 0 Å². The maximum absolute atomic E-state index is 13.1.